The molecule has 22 heavy (non-hydrogen) atoms. The van der Waals surface area contributed by atoms with Crippen molar-refractivity contribution in [3.05, 3.63) is 51.0 Å². The molecule has 0 fully saturated rings. The number of thiophene rings is 1. The van der Waals surface area contributed by atoms with Crippen molar-refractivity contribution >= 4 is 38.8 Å². The number of aliphatic hydroxyl groups is 1. The molecule has 114 valence electrons. The first-order valence-corrected chi connectivity index (χ1v) is 8.24. The van der Waals surface area contributed by atoms with E-state index in [4.69, 9.17) is 0 Å². The van der Waals surface area contributed by atoms with Gasteiger partial charge in [-0.05, 0) is 57.4 Å². The van der Waals surface area contributed by atoms with Gasteiger partial charge in [0, 0.05) is 10.7 Å². The predicted molar refractivity (Wildman–Crippen MR) is 86.9 cm³/mol. The highest BCUT2D eigenvalue weighted by Crippen LogP contribution is 2.22. The number of amides is 1. The minimum absolute atomic E-state index is 0.0687. The number of carbonyl (C=O) groups is 1. The number of hydrogen-bond donors (Lipinski definition) is 2. The van der Waals surface area contributed by atoms with Crippen molar-refractivity contribution < 1.29 is 9.90 Å². The van der Waals surface area contributed by atoms with Gasteiger partial charge in [-0.2, -0.15) is 11.3 Å². The minimum atomic E-state index is -1.13. The minimum Gasteiger partial charge on any atom is -0.384 e. The summed E-state index contributed by atoms with van der Waals surface area (Å²) in [6.45, 7) is 1.74. The molecule has 3 aromatic rings. The molecule has 1 amide bonds. The van der Waals surface area contributed by atoms with Crippen molar-refractivity contribution in [2.24, 2.45) is 0 Å². The molecule has 0 radical (unpaired) electrons. The van der Waals surface area contributed by atoms with Gasteiger partial charge in [-0.3, -0.25) is 4.79 Å². The van der Waals surface area contributed by atoms with Crippen molar-refractivity contribution in [3.8, 4) is 0 Å². The Morgan fingerprint density at radius 2 is 2.32 bits per heavy atom. The first kappa shape index (κ1) is 15.1. The van der Waals surface area contributed by atoms with Crippen LogP contribution in [0.25, 0.3) is 5.65 Å². The van der Waals surface area contributed by atoms with E-state index in [-0.39, 0.29) is 12.4 Å². The number of pyridine rings is 1. The number of halogens is 1. The van der Waals surface area contributed by atoms with Crippen LogP contribution >= 0.6 is 27.3 Å². The highest BCUT2D eigenvalue weighted by molar-refractivity contribution is 9.10. The van der Waals surface area contributed by atoms with Gasteiger partial charge in [0.1, 0.15) is 5.60 Å². The van der Waals surface area contributed by atoms with E-state index in [1.807, 2.05) is 22.9 Å². The lowest BCUT2D eigenvalue weighted by Gasteiger charge is -2.22. The maximum absolute atomic E-state index is 12.1. The SMILES string of the molecule is C[C@@](O)(CNC(=O)c1nc2ccc(Br)cn2n1)c1ccsc1. The van der Waals surface area contributed by atoms with Crippen LogP contribution in [-0.2, 0) is 5.60 Å². The van der Waals surface area contributed by atoms with Crippen molar-refractivity contribution in [3.63, 3.8) is 0 Å². The van der Waals surface area contributed by atoms with Gasteiger partial charge < -0.3 is 10.4 Å². The largest absolute Gasteiger partial charge is 0.384 e. The van der Waals surface area contributed by atoms with Crippen LogP contribution in [0.15, 0.2) is 39.6 Å². The lowest BCUT2D eigenvalue weighted by molar-refractivity contribution is 0.0527. The number of fused-ring (bicyclic) bond motifs is 1. The summed E-state index contributed by atoms with van der Waals surface area (Å²) >= 11 is 4.83. The van der Waals surface area contributed by atoms with Crippen LogP contribution < -0.4 is 5.32 Å². The smallest absolute Gasteiger partial charge is 0.291 e. The molecule has 0 aliphatic rings. The Morgan fingerprint density at radius 1 is 1.50 bits per heavy atom. The van der Waals surface area contributed by atoms with Gasteiger partial charge in [0.25, 0.3) is 5.91 Å². The third kappa shape index (κ3) is 3.03. The second-order valence-electron chi connectivity index (χ2n) is 5.05. The predicted octanol–water partition coefficient (Wildman–Crippen LogP) is 2.19. The maximum Gasteiger partial charge on any atom is 0.291 e. The monoisotopic (exact) mass is 380 g/mol. The molecule has 0 saturated heterocycles. The molecule has 2 N–H and O–H groups in total. The van der Waals surface area contributed by atoms with Gasteiger partial charge in [-0.25, -0.2) is 9.50 Å². The number of hydrogen-bond acceptors (Lipinski definition) is 5. The second-order valence-corrected chi connectivity index (χ2v) is 6.75. The Bertz CT molecular complexity index is 813. The molecule has 3 aromatic heterocycles. The Kier molecular flexibility index (Phi) is 3.98. The second kappa shape index (κ2) is 5.79. The van der Waals surface area contributed by atoms with E-state index in [1.54, 1.807) is 19.2 Å². The van der Waals surface area contributed by atoms with Crippen LogP contribution in [-0.4, -0.2) is 32.2 Å². The van der Waals surface area contributed by atoms with E-state index < -0.39 is 11.5 Å². The summed E-state index contributed by atoms with van der Waals surface area (Å²) in [4.78, 5) is 16.3. The molecule has 8 heteroatoms. The Labute approximate surface area is 138 Å². The summed E-state index contributed by atoms with van der Waals surface area (Å²) in [6, 6.07) is 5.42. The van der Waals surface area contributed by atoms with Crippen LogP contribution in [0.5, 0.6) is 0 Å². The fourth-order valence-electron chi connectivity index (χ4n) is 1.96. The van der Waals surface area contributed by atoms with E-state index >= 15 is 0 Å². The summed E-state index contributed by atoms with van der Waals surface area (Å²) in [5.74, 6) is -0.352. The van der Waals surface area contributed by atoms with E-state index in [9.17, 15) is 9.90 Å². The van der Waals surface area contributed by atoms with Crippen molar-refractivity contribution in [1.82, 2.24) is 19.9 Å². The third-order valence-electron chi connectivity index (χ3n) is 3.23. The average molecular weight is 381 g/mol. The molecular weight excluding hydrogens is 368 g/mol. The molecule has 1 atom stereocenters. The number of carbonyl (C=O) groups excluding carboxylic acids is 1. The molecule has 0 bridgehead atoms. The highest BCUT2D eigenvalue weighted by Gasteiger charge is 2.25. The molecule has 6 nitrogen and oxygen atoms in total. The van der Waals surface area contributed by atoms with Crippen molar-refractivity contribution in [2.45, 2.75) is 12.5 Å². The molecule has 0 spiro atoms. The molecule has 0 aliphatic carbocycles. The first-order valence-electron chi connectivity index (χ1n) is 6.51. The summed E-state index contributed by atoms with van der Waals surface area (Å²) in [6.07, 6.45) is 1.72. The van der Waals surface area contributed by atoms with Gasteiger partial charge in [-0.1, -0.05) is 0 Å². The molecule has 0 unspecified atom stereocenters. The molecule has 3 rings (SSSR count). The maximum atomic E-state index is 12.1. The van der Waals surface area contributed by atoms with Gasteiger partial charge in [0.2, 0.25) is 5.82 Å². The summed E-state index contributed by atoms with van der Waals surface area (Å²) in [5.41, 5.74) is 0.223. The summed E-state index contributed by atoms with van der Waals surface area (Å²) < 4.78 is 2.37. The molecular formula is C14H13BrN4O2S. The van der Waals surface area contributed by atoms with Crippen molar-refractivity contribution in [2.75, 3.05) is 6.54 Å². The zero-order chi connectivity index (χ0) is 15.7. The first-order chi connectivity index (χ1) is 10.5. The Hall–Kier alpha value is -1.77. The Balaban J connectivity index is 1.73. The standard InChI is InChI=1S/C14H13BrN4O2S/c1-14(21,9-4-5-22-7-9)8-16-13(20)12-17-11-3-2-10(15)6-19(11)18-12/h2-7,21H,8H2,1H3,(H,16,20)/t14-/m1/s1. The number of aromatic nitrogens is 3. The van der Waals surface area contributed by atoms with Crippen LogP contribution in [0, 0.1) is 0 Å². The average Bonchev–Trinajstić information content (AvgIpc) is 3.13. The van der Waals surface area contributed by atoms with Crippen LogP contribution in [0.3, 0.4) is 0 Å². The molecule has 3 heterocycles. The highest BCUT2D eigenvalue weighted by atomic mass is 79.9. The topological polar surface area (TPSA) is 79.5 Å². The van der Waals surface area contributed by atoms with Gasteiger partial charge >= 0.3 is 0 Å². The van der Waals surface area contributed by atoms with E-state index in [1.165, 1.54) is 15.9 Å². The fraction of sp³-hybridized carbons (Fsp3) is 0.214. The van der Waals surface area contributed by atoms with Crippen molar-refractivity contribution in [1.29, 1.82) is 0 Å². The van der Waals surface area contributed by atoms with Crippen LogP contribution in [0.2, 0.25) is 0 Å². The summed E-state index contributed by atoms with van der Waals surface area (Å²) in [5, 5.41) is 20.9. The number of nitrogens with one attached hydrogen (secondary N) is 1. The van der Waals surface area contributed by atoms with Crippen LogP contribution in [0.1, 0.15) is 23.1 Å². The van der Waals surface area contributed by atoms with Gasteiger partial charge in [-0.15, -0.1) is 5.10 Å². The van der Waals surface area contributed by atoms with Gasteiger partial charge in [0.15, 0.2) is 5.65 Å². The lowest BCUT2D eigenvalue weighted by Crippen LogP contribution is -2.38. The lowest BCUT2D eigenvalue weighted by atomic mass is 9.99. The van der Waals surface area contributed by atoms with E-state index in [0.717, 1.165) is 10.0 Å². The number of nitrogens with zero attached hydrogens (tertiary/aromatic N) is 3. The van der Waals surface area contributed by atoms with E-state index in [2.05, 4.69) is 31.3 Å². The summed E-state index contributed by atoms with van der Waals surface area (Å²) in [7, 11) is 0. The molecule has 0 aromatic carbocycles. The zero-order valence-electron chi connectivity index (χ0n) is 11.7. The van der Waals surface area contributed by atoms with Gasteiger partial charge in [0.05, 0.1) is 6.54 Å². The normalized spacial score (nSPS) is 14.0. The Morgan fingerprint density at radius 3 is 3.05 bits per heavy atom. The molecule has 0 saturated carbocycles. The number of rotatable bonds is 4. The zero-order valence-corrected chi connectivity index (χ0v) is 14.1. The quantitative estimate of drug-likeness (QED) is 0.726. The van der Waals surface area contributed by atoms with Crippen LogP contribution in [0.4, 0.5) is 0 Å². The fourth-order valence-corrected chi connectivity index (χ4v) is 3.07. The third-order valence-corrected chi connectivity index (χ3v) is 4.39. The molecule has 0 aliphatic heterocycles. The van der Waals surface area contributed by atoms with E-state index in [0.29, 0.717) is 5.65 Å².